The summed E-state index contributed by atoms with van der Waals surface area (Å²) in [5.74, 6) is 0.487. The average molecular weight is 455 g/mol. The van der Waals surface area contributed by atoms with Crippen molar-refractivity contribution in [3.8, 4) is 17.2 Å². The molecule has 158 valence electrons. The summed E-state index contributed by atoms with van der Waals surface area (Å²) < 4.78 is 11.1. The molecule has 0 fully saturated rings. The van der Waals surface area contributed by atoms with Gasteiger partial charge in [-0.25, -0.2) is 4.98 Å². The van der Waals surface area contributed by atoms with Gasteiger partial charge in [0.15, 0.2) is 11.3 Å². The van der Waals surface area contributed by atoms with Crippen LogP contribution in [-0.2, 0) is 0 Å². The third-order valence-electron chi connectivity index (χ3n) is 5.20. The van der Waals surface area contributed by atoms with Crippen LogP contribution in [0.5, 0.6) is 5.75 Å². The van der Waals surface area contributed by atoms with Crippen LogP contribution in [-0.4, -0.2) is 18.0 Å². The average Bonchev–Trinajstić information content (AvgIpc) is 3.12. The van der Waals surface area contributed by atoms with Gasteiger partial charge in [0.2, 0.25) is 5.89 Å². The van der Waals surface area contributed by atoms with Gasteiger partial charge in [0.1, 0.15) is 5.52 Å². The predicted octanol–water partition coefficient (Wildman–Crippen LogP) is 6.99. The molecule has 0 bridgehead atoms. The molecule has 0 aliphatic carbocycles. The van der Waals surface area contributed by atoms with Gasteiger partial charge in [-0.1, -0.05) is 29.3 Å². The minimum atomic E-state index is -0.337. The fraction of sp³-hybridized carbons (Fsp3) is 0.167. The smallest absolute Gasteiger partial charge is 0.255 e. The molecule has 1 amide bonds. The summed E-state index contributed by atoms with van der Waals surface area (Å²) in [5, 5.41) is 3.45. The number of methoxy groups -OCH3 is 1. The largest absolute Gasteiger partial charge is 0.494 e. The quantitative estimate of drug-likeness (QED) is 0.360. The molecular weight excluding hydrogens is 435 g/mol. The van der Waals surface area contributed by atoms with Crippen molar-refractivity contribution in [2.24, 2.45) is 0 Å². The molecule has 0 unspecified atom stereocenters. The van der Waals surface area contributed by atoms with Gasteiger partial charge in [0, 0.05) is 16.8 Å². The number of nitrogens with one attached hydrogen (secondary N) is 1. The van der Waals surface area contributed by atoms with Crippen molar-refractivity contribution in [3.05, 3.63) is 74.8 Å². The summed E-state index contributed by atoms with van der Waals surface area (Å²) >= 11 is 12.3. The van der Waals surface area contributed by atoms with E-state index in [0.29, 0.717) is 22.9 Å². The first-order valence-corrected chi connectivity index (χ1v) is 10.4. The number of fused-ring (bicyclic) bond motifs is 1. The third kappa shape index (κ3) is 4.11. The van der Waals surface area contributed by atoms with E-state index in [4.69, 9.17) is 32.4 Å². The lowest BCUT2D eigenvalue weighted by Gasteiger charge is -2.12. The first kappa shape index (κ1) is 21.2. The summed E-state index contributed by atoms with van der Waals surface area (Å²) in [6.45, 7) is 5.99. The second kappa shape index (κ2) is 8.25. The second-order valence-electron chi connectivity index (χ2n) is 7.38. The lowest BCUT2D eigenvalue weighted by molar-refractivity contribution is 0.102. The molecular formula is C24H20Cl2N2O3. The fourth-order valence-electron chi connectivity index (χ4n) is 3.27. The van der Waals surface area contributed by atoms with Gasteiger partial charge >= 0.3 is 0 Å². The van der Waals surface area contributed by atoms with Crippen molar-refractivity contribution in [1.29, 1.82) is 0 Å². The number of hydrogen-bond donors (Lipinski definition) is 1. The van der Waals surface area contributed by atoms with Gasteiger partial charge in [-0.15, -0.1) is 0 Å². The molecule has 0 spiro atoms. The third-order valence-corrected chi connectivity index (χ3v) is 5.76. The Labute approximate surface area is 189 Å². The van der Waals surface area contributed by atoms with E-state index in [2.05, 4.69) is 10.3 Å². The van der Waals surface area contributed by atoms with E-state index in [1.165, 1.54) is 19.2 Å². The van der Waals surface area contributed by atoms with Crippen molar-refractivity contribution in [3.63, 3.8) is 0 Å². The van der Waals surface area contributed by atoms with Crippen LogP contribution in [0, 0.1) is 20.8 Å². The Bertz CT molecular complexity index is 1270. The zero-order valence-electron chi connectivity index (χ0n) is 17.5. The van der Waals surface area contributed by atoms with E-state index in [0.717, 1.165) is 33.4 Å². The van der Waals surface area contributed by atoms with Gasteiger partial charge in [-0.2, -0.15) is 0 Å². The first-order chi connectivity index (χ1) is 14.8. The zero-order chi connectivity index (χ0) is 22.3. The molecule has 0 aliphatic rings. The van der Waals surface area contributed by atoms with E-state index in [-0.39, 0.29) is 16.0 Å². The van der Waals surface area contributed by atoms with E-state index in [1.807, 2.05) is 51.1 Å². The molecule has 4 aromatic rings. The minimum Gasteiger partial charge on any atom is -0.494 e. The van der Waals surface area contributed by atoms with Gasteiger partial charge in [-0.3, -0.25) is 4.79 Å². The Morgan fingerprint density at radius 2 is 1.65 bits per heavy atom. The highest BCUT2D eigenvalue weighted by Gasteiger charge is 2.16. The normalized spacial score (nSPS) is 11.0. The number of aromatic nitrogens is 1. The highest BCUT2D eigenvalue weighted by molar-refractivity contribution is 6.37. The molecule has 0 saturated heterocycles. The molecule has 0 atom stereocenters. The van der Waals surface area contributed by atoms with Crippen molar-refractivity contribution in [2.45, 2.75) is 20.8 Å². The molecule has 0 saturated carbocycles. The molecule has 1 aromatic heterocycles. The number of benzene rings is 3. The lowest BCUT2D eigenvalue weighted by Crippen LogP contribution is -2.13. The summed E-state index contributed by atoms with van der Waals surface area (Å²) in [7, 11) is 1.47. The Morgan fingerprint density at radius 1 is 0.968 bits per heavy atom. The Hall–Kier alpha value is -3.02. The molecule has 3 aromatic carbocycles. The Balaban J connectivity index is 1.66. The molecule has 0 radical (unpaired) electrons. The number of carbonyl (C=O) groups excluding carboxylic acids is 1. The summed E-state index contributed by atoms with van der Waals surface area (Å²) in [5.41, 5.74) is 6.45. The number of anilines is 1. The molecule has 31 heavy (non-hydrogen) atoms. The first-order valence-electron chi connectivity index (χ1n) is 9.60. The maximum absolute atomic E-state index is 12.8. The van der Waals surface area contributed by atoms with Crippen molar-refractivity contribution < 1.29 is 13.9 Å². The van der Waals surface area contributed by atoms with Crippen LogP contribution in [0.2, 0.25) is 10.0 Å². The standard InChI is InChI=1S/C24H20Cl2N2O3/c1-12-5-6-15(24-28-20-7-13(2)14(3)8-21(20)31-24)11-19(12)27-23(29)16-9-17(25)22(30-4)18(26)10-16/h5-11H,1-4H3,(H,27,29). The van der Waals surface area contributed by atoms with Gasteiger partial charge in [0.25, 0.3) is 5.91 Å². The molecule has 1 heterocycles. The van der Waals surface area contributed by atoms with Crippen LogP contribution in [0.15, 0.2) is 46.9 Å². The number of rotatable bonds is 4. The highest BCUT2D eigenvalue weighted by atomic mass is 35.5. The molecule has 0 aliphatic heterocycles. The van der Waals surface area contributed by atoms with E-state index in [1.54, 1.807) is 0 Å². The SMILES string of the molecule is COc1c(Cl)cc(C(=O)Nc2cc(-c3nc4cc(C)c(C)cc4o3)ccc2C)cc1Cl. The van der Waals surface area contributed by atoms with E-state index in [9.17, 15) is 4.79 Å². The van der Waals surface area contributed by atoms with Crippen molar-refractivity contribution >= 4 is 45.9 Å². The van der Waals surface area contributed by atoms with Crippen LogP contribution in [0.3, 0.4) is 0 Å². The Kier molecular flexibility index (Phi) is 5.65. The number of hydrogen-bond acceptors (Lipinski definition) is 4. The van der Waals surface area contributed by atoms with Gasteiger partial charge in [0.05, 0.1) is 17.2 Å². The van der Waals surface area contributed by atoms with Crippen LogP contribution in [0.1, 0.15) is 27.0 Å². The topological polar surface area (TPSA) is 64.4 Å². The van der Waals surface area contributed by atoms with Crippen molar-refractivity contribution in [1.82, 2.24) is 4.98 Å². The molecule has 5 nitrogen and oxygen atoms in total. The Morgan fingerprint density at radius 3 is 2.32 bits per heavy atom. The monoisotopic (exact) mass is 454 g/mol. The molecule has 7 heteroatoms. The molecule has 4 rings (SSSR count). The maximum Gasteiger partial charge on any atom is 0.255 e. The maximum atomic E-state index is 12.8. The minimum absolute atomic E-state index is 0.266. The van der Waals surface area contributed by atoms with Crippen LogP contribution >= 0.6 is 23.2 Å². The number of carbonyl (C=O) groups is 1. The number of aryl methyl sites for hydroxylation is 3. The van der Waals surface area contributed by atoms with Gasteiger partial charge in [-0.05, 0) is 73.9 Å². The molecule has 1 N–H and O–H groups in total. The summed E-state index contributed by atoms with van der Waals surface area (Å²) in [4.78, 5) is 17.4. The summed E-state index contributed by atoms with van der Waals surface area (Å²) in [6, 6.07) is 12.7. The number of oxazole rings is 1. The van der Waals surface area contributed by atoms with Crippen LogP contribution < -0.4 is 10.1 Å². The zero-order valence-corrected chi connectivity index (χ0v) is 19.0. The van der Waals surface area contributed by atoms with Crippen LogP contribution in [0.4, 0.5) is 5.69 Å². The van der Waals surface area contributed by atoms with Crippen molar-refractivity contribution in [2.75, 3.05) is 12.4 Å². The fourth-order valence-corrected chi connectivity index (χ4v) is 3.91. The lowest BCUT2D eigenvalue weighted by atomic mass is 10.1. The highest BCUT2D eigenvalue weighted by Crippen LogP contribution is 2.34. The summed E-state index contributed by atoms with van der Waals surface area (Å²) in [6.07, 6.45) is 0. The second-order valence-corrected chi connectivity index (χ2v) is 8.19. The van der Waals surface area contributed by atoms with Crippen LogP contribution in [0.25, 0.3) is 22.6 Å². The van der Waals surface area contributed by atoms with E-state index < -0.39 is 0 Å². The van der Waals surface area contributed by atoms with E-state index >= 15 is 0 Å². The predicted molar refractivity (Wildman–Crippen MR) is 125 cm³/mol. The van der Waals surface area contributed by atoms with Gasteiger partial charge < -0.3 is 14.5 Å². The number of ether oxygens (including phenoxy) is 1. The number of halogens is 2. The number of nitrogens with zero attached hydrogens (tertiary/aromatic N) is 1. The number of amides is 1.